The zero-order valence-electron chi connectivity index (χ0n) is 9.02. The molecule has 0 bridgehead atoms. The van der Waals surface area contributed by atoms with E-state index < -0.39 is 0 Å². The van der Waals surface area contributed by atoms with Crippen molar-refractivity contribution in [3.05, 3.63) is 47.7 Å². The summed E-state index contributed by atoms with van der Waals surface area (Å²) < 4.78 is 10.3. The average molecular weight is 218 g/mol. The molecule has 1 aliphatic heterocycles. The van der Waals surface area contributed by atoms with Crippen LogP contribution in [0.25, 0.3) is 0 Å². The topological polar surface area (TPSA) is 35.5 Å². The fourth-order valence-corrected chi connectivity index (χ4v) is 1.54. The van der Waals surface area contributed by atoms with Crippen molar-refractivity contribution in [1.82, 2.24) is 0 Å². The fraction of sp³-hybridized carbons (Fsp3) is 0.308. The summed E-state index contributed by atoms with van der Waals surface area (Å²) in [4.78, 5) is 11.4. The van der Waals surface area contributed by atoms with E-state index in [1.54, 1.807) is 0 Å². The molecule has 84 valence electrons. The molecule has 0 unspecified atom stereocenters. The number of hydrogen-bond donors (Lipinski definition) is 0. The number of carbonyl (C=O) groups excluding carboxylic acids is 1. The molecule has 0 spiro atoms. The summed E-state index contributed by atoms with van der Waals surface area (Å²) in [7, 11) is 0. The van der Waals surface area contributed by atoms with E-state index in [0.29, 0.717) is 13.2 Å². The van der Waals surface area contributed by atoms with Crippen LogP contribution in [0.2, 0.25) is 0 Å². The monoisotopic (exact) mass is 218 g/mol. The lowest BCUT2D eigenvalue weighted by Gasteiger charge is -2.02. The Morgan fingerprint density at radius 2 is 2.19 bits per heavy atom. The highest BCUT2D eigenvalue weighted by Crippen LogP contribution is 2.15. The van der Waals surface area contributed by atoms with E-state index in [-0.39, 0.29) is 5.97 Å². The van der Waals surface area contributed by atoms with Gasteiger partial charge in [0.15, 0.2) is 0 Å². The summed E-state index contributed by atoms with van der Waals surface area (Å²) >= 11 is 0. The maximum atomic E-state index is 11.4. The fourth-order valence-electron chi connectivity index (χ4n) is 1.54. The highest BCUT2D eigenvalue weighted by atomic mass is 16.5. The number of carbonyl (C=O) groups is 1. The maximum absolute atomic E-state index is 11.4. The molecule has 1 aromatic rings. The number of allylic oxidation sites excluding steroid dienone is 1. The summed E-state index contributed by atoms with van der Waals surface area (Å²) in [6, 6.07) is 9.61. The Hall–Kier alpha value is -1.77. The Morgan fingerprint density at radius 1 is 1.38 bits per heavy atom. The number of esters is 1. The molecule has 2 rings (SSSR count). The van der Waals surface area contributed by atoms with Crippen molar-refractivity contribution in [2.24, 2.45) is 0 Å². The summed E-state index contributed by atoms with van der Waals surface area (Å²) in [5.74, 6) is 0.402. The molecule has 3 nitrogen and oxygen atoms in total. The van der Waals surface area contributed by atoms with Crippen LogP contribution in [0.15, 0.2) is 42.2 Å². The van der Waals surface area contributed by atoms with Gasteiger partial charge in [0.2, 0.25) is 0 Å². The Kier molecular flexibility index (Phi) is 3.59. The van der Waals surface area contributed by atoms with Gasteiger partial charge in [0, 0.05) is 6.42 Å². The van der Waals surface area contributed by atoms with Crippen molar-refractivity contribution in [3.8, 4) is 0 Å². The van der Waals surface area contributed by atoms with Crippen LogP contribution in [0.3, 0.4) is 0 Å². The van der Waals surface area contributed by atoms with Crippen LogP contribution in [0, 0.1) is 0 Å². The number of benzene rings is 1. The van der Waals surface area contributed by atoms with Crippen LogP contribution in [-0.4, -0.2) is 12.6 Å². The first kappa shape index (κ1) is 10.7. The standard InChI is InChI=1S/C13H14O3/c14-13(9-12-7-4-8-15-12)16-10-11-5-2-1-3-6-11/h1-3,5-6,9H,4,7-8,10H2/b12-9+. The van der Waals surface area contributed by atoms with Crippen LogP contribution < -0.4 is 0 Å². The lowest BCUT2D eigenvalue weighted by molar-refractivity contribution is -0.139. The Balaban J connectivity index is 1.82. The number of ether oxygens (including phenoxy) is 2. The van der Waals surface area contributed by atoms with Crippen LogP contribution in [0.5, 0.6) is 0 Å². The van der Waals surface area contributed by atoms with E-state index >= 15 is 0 Å². The van der Waals surface area contributed by atoms with Crippen LogP contribution in [0.1, 0.15) is 18.4 Å². The molecule has 0 radical (unpaired) electrons. The minimum Gasteiger partial charge on any atom is -0.498 e. The van der Waals surface area contributed by atoms with E-state index in [1.165, 1.54) is 6.08 Å². The second-order valence-corrected chi connectivity index (χ2v) is 3.66. The first-order valence-corrected chi connectivity index (χ1v) is 5.38. The van der Waals surface area contributed by atoms with E-state index in [0.717, 1.165) is 24.2 Å². The van der Waals surface area contributed by atoms with Crippen molar-refractivity contribution < 1.29 is 14.3 Å². The molecule has 0 amide bonds. The summed E-state index contributed by atoms with van der Waals surface area (Å²) in [6.45, 7) is 1.02. The smallest absolute Gasteiger partial charge is 0.334 e. The molecule has 0 aliphatic carbocycles. The van der Waals surface area contributed by atoms with Gasteiger partial charge in [0.05, 0.1) is 12.7 Å². The molecular formula is C13H14O3. The van der Waals surface area contributed by atoms with Crippen LogP contribution in [-0.2, 0) is 20.9 Å². The van der Waals surface area contributed by atoms with Gasteiger partial charge in [-0.25, -0.2) is 4.79 Å². The van der Waals surface area contributed by atoms with Crippen molar-refractivity contribution in [1.29, 1.82) is 0 Å². The lowest BCUT2D eigenvalue weighted by atomic mass is 10.2. The normalized spacial score (nSPS) is 17.1. The minimum absolute atomic E-state index is 0.309. The zero-order valence-corrected chi connectivity index (χ0v) is 9.02. The summed E-state index contributed by atoms with van der Waals surface area (Å²) in [5, 5.41) is 0. The van der Waals surface area contributed by atoms with E-state index in [4.69, 9.17) is 9.47 Å². The molecule has 0 N–H and O–H groups in total. The first-order chi connectivity index (χ1) is 7.84. The molecule has 0 saturated carbocycles. The Labute approximate surface area is 94.7 Å². The zero-order chi connectivity index (χ0) is 11.2. The van der Waals surface area contributed by atoms with Gasteiger partial charge in [0.25, 0.3) is 0 Å². The van der Waals surface area contributed by atoms with Gasteiger partial charge < -0.3 is 9.47 Å². The molecule has 0 aromatic heterocycles. The second-order valence-electron chi connectivity index (χ2n) is 3.66. The average Bonchev–Trinajstić information content (AvgIpc) is 2.81. The minimum atomic E-state index is -0.333. The first-order valence-electron chi connectivity index (χ1n) is 5.38. The van der Waals surface area contributed by atoms with E-state index in [9.17, 15) is 4.79 Å². The van der Waals surface area contributed by atoms with Crippen molar-refractivity contribution in [2.75, 3.05) is 6.61 Å². The van der Waals surface area contributed by atoms with Crippen LogP contribution >= 0.6 is 0 Å². The van der Waals surface area contributed by atoms with Crippen LogP contribution in [0.4, 0.5) is 0 Å². The Morgan fingerprint density at radius 3 is 2.88 bits per heavy atom. The third kappa shape index (κ3) is 3.12. The SMILES string of the molecule is O=C(/C=C1\CCCO1)OCc1ccccc1. The second kappa shape index (κ2) is 5.35. The molecule has 1 aromatic carbocycles. The molecular weight excluding hydrogens is 204 g/mol. The molecule has 1 aliphatic rings. The quantitative estimate of drug-likeness (QED) is 0.577. The molecule has 1 heterocycles. The molecule has 0 atom stereocenters. The Bertz CT molecular complexity index is 373. The van der Waals surface area contributed by atoms with Crippen molar-refractivity contribution >= 4 is 5.97 Å². The largest absolute Gasteiger partial charge is 0.498 e. The summed E-state index contributed by atoms with van der Waals surface area (Å²) in [5.41, 5.74) is 0.988. The third-order valence-corrected chi connectivity index (χ3v) is 2.36. The van der Waals surface area contributed by atoms with E-state index in [2.05, 4.69) is 0 Å². The predicted octanol–water partition coefficient (Wildman–Crippen LogP) is 2.42. The lowest BCUT2D eigenvalue weighted by Crippen LogP contribution is -2.02. The van der Waals surface area contributed by atoms with Gasteiger partial charge >= 0.3 is 5.97 Å². The van der Waals surface area contributed by atoms with Gasteiger partial charge in [-0.15, -0.1) is 0 Å². The molecule has 3 heteroatoms. The van der Waals surface area contributed by atoms with Gasteiger partial charge in [-0.3, -0.25) is 0 Å². The van der Waals surface area contributed by atoms with E-state index in [1.807, 2.05) is 30.3 Å². The highest BCUT2D eigenvalue weighted by molar-refractivity contribution is 5.82. The van der Waals surface area contributed by atoms with Gasteiger partial charge in [0.1, 0.15) is 12.4 Å². The number of hydrogen-bond acceptors (Lipinski definition) is 3. The molecule has 16 heavy (non-hydrogen) atoms. The van der Waals surface area contributed by atoms with Crippen molar-refractivity contribution in [2.45, 2.75) is 19.4 Å². The number of rotatable bonds is 3. The summed E-state index contributed by atoms with van der Waals surface area (Å²) in [6.07, 6.45) is 3.26. The van der Waals surface area contributed by atoms with Crippen molar-refractivity contribution in [3.63, 3.8) is 0 Å². The predicted molar refractivity (Wildman–Crippen MR) is 59.5 cm³/mol. The molecule has 1 fully saturated rings. The molecule has 1 saturated heterocycles. The third-order valence-electron chi connectivity index (χ3n) is 2.36. The van der Waals surface area contributed by atoms with Gasteiger partial charge in [-0.2, -0.15) is 0 Å². The highest BCUT2D eigenvalue weighted by Gasteiger charge is 2.10. The maximum Gasteiger partial charge on any atom is 0.334 e. The van der Waals surface area contributed by atoms with Gasteiger partial charge in [-0.05, 0) is 12.0 Å². The van der Waals surface area contributed by atoms with Gasteiger partial charge in [-0.1, -0.05) is 30.3 Å².